The van der Waals surface area contributed by atoms with Gasteiger partial charge in [0.25, 0.3) is 38.0 Å². The molecule has 1 aliphatic heterocycles. The molecule has 33 heteroatoms. The minimum atomic E-state index is -4.49. The van der Waals surface area contributed by atoms with Gasteiger partial charge in [-0.25, -0.2) is 4.98 Å². The molecule has 0 saturated carbocycles. The Balaban J connectivity index is 1.07. The van der Waals surface area contributed by atoms with E-state index < -0.39 is 128 Å². The van der Waals surface area contributed by atoms with Gasteiger partial charge in [-0.1, -0.05) is 100 Å². The lowest BCUT2D eigenvalue weighted by molar-refractivity contribution is -0.141. The number of nitrogens with zero attached hydrogens (tertiary/aromatic N) is 3. The number of hydrazine groups is 1. The maximum absolute atomic E-state index is 14.5. The van der Waals surface area contributed by atoms with E-state index in [0.29, 0.717) is 17.5 Å². The van der Waals surface area contributed by atoms with Crippen LogP contribution in [0.2, 0.25) is 0 Å². The molecule has 0 spiro atoms. The van der Waals surface area contributed by atoms with Crippen molar-refractivity contribution in [2.75, 3.05) is 24.3 Å². The molecule has 2 heterocycles. The summed E-state index contributed by atoms with van der Waals surface area (Å²) < 4.78 is 61.2. The van der Waals surface area contributed by atoms with Gasteiger partial charge in [-0.05, 0) is 110 Å². The molecule has 0 unspecified atom stereocenters. The summed E-state index contributed by atoms with van der Waals surface area (Å²) in [6.07, 6.45) is 3.07. The molecule has 1 aliphatic rings. The second-order valence-electron chi connectivity index (χ2n) is 23.6. The number of nitrogens with one attached hydrogen (secondary N) is 10. The van der Waals surface area contributed by atoms with Crippen LogP contribution in [0.1, 0.15) is 110 Å². The molecule has 0 aliphatic carbocycles. The number of nitrogens with two attached hydrogens (primary N) is 1. The number of benzene rings is 4. The van der Waals surface area contributed by atoms with Crippen LogP contribution in [-0.4, -0.2) is 157 Å². The minimum Gasteiger partial charge on any atom is -0.508 e. The fraction of sp³-hybridized carbons (Fsp3) is 0.375. The summed E-state index contributed by atoms with van der Waals surface area (Å²) in [6, 6.07) is 21.3. The zero-order valence-corrected chi connectivity index (χ0v) is 55.4. The molecule has 6 atom stereocenters. The van der Waals surface area contributed by atoms with Gasteiger partial charge >= 0.3 is 0 Å². The number of rotatable bonds is 33. The molecule has 0 radical (unpaired) electrons. The number of carbonyl (C=O) groups is 10. The number of likely N-dealkylation sites (tertiary alicyclic amines) is 1. The Hall–Kier alpha value is -10.2. The first-order chi connectivity index (χ1) is 46.0. The molecule has 14 N–H and O–H groups in total. The molecule has 0 bridgehead atoms. The molecule has 97 heavy (non-hydrogen) atoms. The van der Waals surface area contributed by atoms with E-state index in [1.165, 1.54) is 79.1 Å². The number of carbonyl (C=O) groups excluding carboxylic acids is 10. The van der Waals surface area contributed by atoms with Crippen LogP contribution in [0.25, 0.3) is 0 Å². The number of hydrogen-bond acceptors (Lipinski definition) is 20. The fourth-order valence-electron chi connectivity index (χ4n) is 10.1. The number of aromatic nitrogens is 1. The largest absolute Gasteiger partial charge is 0.508 e. The third kappa shape index (κ3) is 24.5. The fourth-order valence-corrected chi connectivity index (χ4v) is 11.5. The van der Waals surface area contributed by atoms with Gasteiger partial charge in [0.15, 0.2) is 0 Å². The summed E-state index contributed by atoms with van der Waals surface area (Å²) >= 11 is 0. The van der Waals surface area contributed by atoms with Crippen LogP contribution in [0, 0.1) is 11.8 Å². The highest BCUT2D eigenvalue weighted by atomic mass is 32.2. The number of hydrazone groups is 1. The van der Waals surface area contributed by atoms with Crippen molar-refractivity contribution in [3.8, 4) is 5.75 Å². The highest BCUT2D eigenvalue weighted by Crippen LogP contribution is 2.21. The number of anilines is 1. The summed E-state index contributed by atoms with van der Waals surface area (Å²) in [6.45, 7) is 7.55. The normalized spacial score (nSPS) is 14.6. The third-order valence-electron chi connectivity index (χ3n) is 14.9. The Kier molecular flexibility index (Phi) is 28.2. The van der Waals surface area contributed by atoms with E-state index in [2.05, 4.69) is 67.9 Å². The number of aryl methyl sites for hydroxylation is 1. The number of hydrogen-bond donors (Lipinski definition) is 13. The molecule has 6 rings (SSSR count). The van der Waals surface area contributed by atoms with E-state index in [4.69, 9.17) is 5.90 Å². The molecule has 4 aromatic carbocycles. The molecule has 1 fully saturated rings. The van der Waals surface area contributed by atoms with Crippen molar-refractivity contribution in [1.29, 1.82) is 0 Å². The van der Waals surface area contributed by atoms with Crippen molar-refractivity contribution >= 4 is 91.3 Å². The highest BCUT2D eigenvalue weighted by molar-refractivity contribution is 7.86. The van der Waals surface area contributed by atoms with Crippen LogP contribution >= 0.6 is 0 Å². The molecule has 5 aromatic rings. The van der Waals surface area contributed by atoms with Gasteiger partial charge < -0.3 is 47.2 Å². The second-order valence-corrected chi connectivity index (χ2v) is 26.6. The van der Waals surface area contributed by atoms with Crippen LogP contribution in [0.15, 0.2) is 131 Å². The minimum absolute atomic E-state index is 0.00924. The SMILES string of the molecule is CC(=O)N[C@@H](CS(=O)(=O)ON)C(=O)N1CCC[C@H]1C(=O)N[C@@H](CC(C)C)C(=O)NCC(=O)N[C@@H](CCc1ccccc1)C(=O)N[C@@H](Cc1ccc(O)cc1)C(=O)N[C@@H](CC(C)C)C(=O)NNC(=O)c1ccc(CNC(=O)c2ccc(N/N=C/c3ccccc3S(=O)(=O)O)nc2)cc1. The Morgan fingerprint density at radius 3 is 1.91 bits per heavy atom. The van der Waals surface area contributed by atoms with Gasteiger partial charge in [0.05, 0.1) is 18.3 Å². The summed E-state index contributed by atoms with van der Waals surface area (Å²) in [7, 11) is -8.96. The van der Waals surface area contributed by atoms with Crippen LogP contribution in [0.3, 0.4) is 0 Å². The summed E-state index contributed by atoms with van der Waals surface area (Å²) in [5, 5.41) is 32.3. The van der Waals surface area contributed by atoms with Crippen LogP contribution in [0.5, 0.6) is 5.75 Å². The number of pyridine rings is 1. The summed E-state index contributed by atoms with van der Waals surface area (Å²) in [5.74, 6) is -4.17. The van der Waals surface area contributed by atoms with Crippen LogP contribution in [0.4, 0.5) is 5.82 Å². The van der Waals surface area contributed by atoms with Gasteiger partial charge in [-0.15, -0.1) is 0 Å². The first-order valence-electron chi connectivity index (χ1n) is 30.8. The van der Waals surface area contributed by atoms with E-state index in [-0.39, 0.29) is 96.6 Å². The summed E-state index contributed by atoms with van der Waals surface area (Å²) in [4.78, 5) is 141. The molecular formula is C64H80N14O17S2. The van der Waals surface area contributed by atoms with Gasteiger partial charge in [0.2, 0.25) is 41.4 Å². The average molecular weight is 1380 g/mol. The van der Waals surface area contributed by atoms with Gasteiger partial charge in [0, 0.05) is 43.8 Å². The van der Waals surface area contributed by atoms with E-state index >= 15 is 0 Å². The Labute approximate surface area is 560 Å². The topological polar surface area (TPSA) is 463 Å². The van der Waals surface area contributed by atoms with Crippen molar-refractivity contribution < 1.29 is 78.7 Å². The first kappa shape index (κ1) is 75.8. The maximum Gasteiger partial charge on any atom is 0.295 e. The third-order valence-corrected chi connectivity index (χ3v) is 16.9. The Bertz CT molecular complexity index is 3860. The number of amides is 10. The lowest BCUT2D eigenvalue weighted by Gasteiger charge is -2.29. The second kappa shape index (κ2) is 36.0. The van der Waals surface area contributed by atoms with Crippen LogP contribution in [-0.2, 0) is 82.3 Å². The van der Waals surface area contributed by atoms with Gasteiger partial charge in [-0.2, -0.15) is 32.1 Å². The van der Waals surface area contributed by atoms with Crippen molar-refractivity contribution in [2.24, 2.45) is 22.8 Å². The predicted octanol–water partition coefficient (Wildman–Crippen LogP) is 0.910. The standard InChI is InChI=1S/C64H80N14O17S2/c1-38(2)30-49(74-63(88)53-15-11-29-78(53)64(89)52(70-40(5)79)37-96(90,91)95-65)59(84)68-36-56(81)71-48(27-21-41-12-7-6-8-13-41)60(85)73-51(32-42-19-25-47(80)26-20-42)61(86)72-50(31-39(3)4)62(87)77-76-58(83)44-22-17-43(18-23-44)33-67-57(82)46-24-28-55(66-34-46)75-69-35-45-14-9-10-16-54(45)97(92,93)94/h6-10,12-14,16-20,22-26,28,34-35,38-39,48-53,80H,11,15,21,27,29-33,36-37,65H2,1-5H3,(H,66,75)(H,67,82)(H,68,84)(H,70,79)(H,71,81)(H,72,86)(H,73,85)(H,74,88)(H,76,83)(H,77,87)(H,92,93,94)/b69-35+/t48-,49-,50-,51-,52-,53-/m0/s1. The quantitative estimate of drug-likeness (QED) is 0.0158. The smallest absolute Gasteiger partial charge is 0.295 e. The molecule has 520 valence electrons. The first-order valence-corrected chi connectivity index (χ1v) is 33.8. The van der Waals surface area contributed by atoms with E-state index in [0.717, 1.165) is 17.4 Å². The average Bonchev–Trinajstić information content (AvgIpc) is 1.76. The van der Waals surface area contributed by atoms with Crippen molar-refractivity contribution in [2.45, 2.75) is 127 Å². The molecule has 31 nitrogen and oxygen atoms in total. The van der Waals surface area contributed by atoms with Crippen molar-refractivity contribution in [3.05, 3.63) is 155 Å². The van der Waals surface area contributed by atoms with E-state index in [9.17, 15) is 74.4 Å². The monoisotopic (exact) mass is 1380 g/mol. The predicted molar refractivity (Wildman–Crippen MR) is 353 cm³/mol. The van der Waals surface area contributed by atoms with E-state index in [1.54, 1.807) is 76.2 Å². The highest BCUT2D eigenvalue weighted by Gasteiger charge is 2.41. The van der Waals surface area contributed by atoms with Gasteiger partial charge in [-0.3, -0.25) is 68.8 Å². The molecular weight excluding hydrogens is 1300 g/mol. The Morgan fingerprint density at radius 2 is 1.28 bits per heavy atom. The molecule has 1 aromatic heterocycles. The molecule has 10 amide bonds. The van der Waals surface area contributed by atoms with Crippen LogP contribution < -0.4 is 59.4 Å². The maximum atomic E-state index is 14.5. The van der Waals surface area contributed by atoms with Crippen molar-refractivity contribution in [1.82, 2.24) is 58.0 Å². The lowest BCUT2D eigenvalue weighted by Crippen LogP contribution is -2.59. The molecule has 1 saturated heterocycles. The Morgan fingerprint density at radius 1 is 0.660 bits per heavy atom. The zero-order chi connectivity index (χ0) is 71.0. The van der Waals surface area contributed by atoms with Crippen molar-refractivity contribution in [3.63, 3.8) is 0 Å². The van der Waals surface area contributed by atoms with Gasteiger partial charge in [0.1, 0.15) is 58.5 Å². The lowest BCUT2D eigenvalue weighted by atomic mass is 10.00. The summed E-state index contributed by atoms with van der Waals surface area (Å²) in [5.41, 5.74) is 9.62. The van der Waals surface area contributed by atoms with E-state index in [1.807, 2.05) is 0 Å². The number of phenolic OH excluding ortho intramolecular Hbond substituents is 1. The zero-order valence-electron chi connectivity index (χ0n) is 53.8. The number of aromatic hydroxyl groups is 1. The number of phenols is 1.